The van der Waals surface area contributed by atoms with Crippen LogP contribution in [0.15, 0.2) is 18.3 Å². The van der Waals surface area contributed by atoms with Gasteiger partial charge in [-0.1, -0.05) is 0 Å². The quantitative estimate of drug-likeness (QED) is 0.784. The summed E-state index contributed by atoms with van der Waals surface area (Å²) in [5.74, 6) is -0.307. The molecule has 6 heteroatoms. The average Bonchev–Trinajstić information content (AvgIpc) is 2.17. The van der Waals surface area contributed by atoms with E-state index in [0.717, 1.165) is 18.3 Å². The number of hydrogen-bond donors (Lipinski definition) is 1. The largest absolute Gasteiger partial charge is 0.433 e. The molecule has 0 atom stereocenters. The summed E-state index contributed by atoms with van der Waals surface area (Å²) < 4.78 is 36.3. The first kappa shape index (κ1) is 11.6. The number of carbonyl (C=O) groups excluding carboxylic acids is 1. The molecule has 0 bridgehead atoms. The summed E-state index contributed by atoms with van der Waals surface area (Å²) in [5, 5.41) is 0. The Morgan fingerprint density at radius 2 is 2.07 bits per heavy atom. The summed E-state index contributed by atoms with van der Waals surface area (Å²) in [6.45, 7) is 0.167. The second kappa shape index (κ2) is 4.39. The first-order valence-electron chi connectivity index (χ1n) is 4.21. The van der Waals surface area contributed by atoms with Gasteiger partial charge in [0.25, 0.3) is 0 Å². The van der Waals surface area contributed by atoms with Gasteiger partial charge >= 0.3 is 6.18 Å². The Bertz CT molecular complexity index is 345. The Morgan fingerprint density at radius 1 is 1.40 bits per heavy atom. The minimum Gasteiger partial charge on any atom is -0.330 e. The molecule has 3 nitrogen and oxygen atoms in total. The van der Waals surface area contributed by atoms with E-state index in [4.69, 9.17) is 5.73 Å². The summed E-state index contributed by atoms with van der Waals surface area (Å²) in [6, 6.07) is 1.89. The van der Waals surface area contributed by atoms with Gasteiger partial charge in [0.1, 0.15) is 5.69 Å². The van der Waals surface area contributed by atoms with Gasteiger partial charge in [-0.2, -0.15) is 13.2 Å². The monoisotopic (exact) mass is 218 g/mol. The second-order valence-electron chi connectivity index (χ2n) is 2.89. The van der Waals surface area contributed by atoms with Crippen molar-refractivity contribution in [2.75, 3.05) is 6.54 Å². The van der Waals surface area contributed by atoms with Gasteiger partial charge < -0.3 is 5.73 Å². The van der Waals surface area contributed by atoms with Crippen molar-refractivity contribution in [3.05, 3.63) is 29.6 Å². The number of rotatable bonds is 3. The molecule has 0 aliphatic rings. The van der Waals surface area contributed by atoms with Crippen LogP contribution in [0.3, 0.4) is 0 Å². The molecule has 0 fully saturated rings. The highest BCUT2D eigenvalue weighted by molar-refractivity contribution is 5.95. The van der Waals surface area contributed by atoms with E-state index in [1.54, 1.807) is 0 Å². The molecule has 1 aromatic heterocycles. The SMILES string of the molecule is NCCC(=O)c1ccc(C(F)(F)F)nc1. The lowest BCUT2D eigenvalue weighted by Crippen LogP contribution is -2.11. The third kappa shape index (κ3) is 3.02. The van der Waals surface area contributed by atoms with Crippen molar-refractivity contribution < 1.29 is 18.0 Å². The smallest absolute Gasteiger partial charge is 0.330 e. The lowest BCUT2D eigenvalue weighted by atomic mass is 10.1. The topological polar surface area (TPSA) is 56.0 Å². The van der Waals surface area contributed by atoms with Gasteiger partial charge in [-0.3, -0.25) is 9.78 Å². The third-order valence-corrected chi connectivity index (χ3v) is 1.75. The van der Waals surface area contributed by atoms with Crippen LogP contribution in [0.25, 0.3) is 0 Å². The Labute approximate surface area is 84.1 Å². The minimum absolute atomic E-state index is 0.104. The maximum absolute atomic E-state index is 12.1. The molecule has 0 aliphatic carbocycles. The molecule has 1 heterocycles. The van der Waals surface area contributed by atoms with Crippen molar-refractivity contribution in [1.82, 2.24) is 4.98 Å². The van der Waals surface area contributed by atoms with Crippen molar-refractivity contribution in [3.63, 3.8) is 0 Å². The van der Waals surface area contributed by atoms with Crippen molar-refractivity contribution in [3.8, 4) is 0 Å². The van der Waals surface area contributed by atoms with Crippen LogP contribution in [0, 0.1) is 0 Å². The molecule has 1 aromatic rings. The summed E-state index contributed by atoms with van der Waals surface area (Å²) in [5.41, 5.74) is 4.28. The Kier molecular flexibility index (Phi) is 3.41. The average molecular weight is 218 g/mol. The minimum atomic E-state index is -4.48. The molecular formula is C9H9F3N2O. The van der Waals surface area contributed by atoms with E-state index >= 15 is 0 Å². The molecule has 0 amide bonds. The normalized spacial score (nSPS) is 11.5. The van der Waals surface area contributed by atoms with E-state index in [1.165, 1.54) is 0 Å². The number of nitrogens with two attached hydrogens (primary N) is 1. The fraction of sp³-hybridized carbons (Fsp3) is 0.333. The number of pyridine rings is 1. The first-order valence-corrected chi connectivity index (χ1v) is 4.21. The number of halogens is 3. The number of nitrogens with zero attached hydrogens (tertiary/aromatic N) is 1. The highest BCUT2D eigenvalue weighted by atomic mass is 19.4. The summed E-state index contributed by atoms with van der Waals surface area (Å²) in [6.07, 6.45) is -3.46. The number of alkyl halides is 3. The molecule has 2 N–H and O–H groups in total. The molecule has 1 rings (SSSR count). The molecule has 0 spiro atoms. The lowest BCUT2D eigenvalue weighted by Gasteiger charge is -2.05. The van der Waals surface area contributed by atoms with Gasteiger partial charge in [0.15, 0.2) is 5.78 Å². The number of ketones is 1. The lowest BCUT2D eigenvalue weighted by molar-refractivity contribution is -0.141. The predicted octanol–water partition coefficient (Wildman–Crippen LogP) is 1.63. The van der Waals surface area contributed by atoms with Crippen molar-refractivity contribution in [2.45, 2.75) is 12.6 Å². The van der Waals surface area contributed by atoms with Gasteiger partial charge in [0.05, 0.1) is 0 Å². The number of carbonyl (C=O) groups is 1. The fourth-order valence-electron chi connectivity index (χ4n) is 1.00. The van der Waals surface area contributed by atoms with Crippen LogP contribution in [0.2, 0.25) is 0 Å². The second-order valence-corrected chi connectivity index (χ2v) is 2.89. The van der Waals surface area contributed by atoms with Gasteiger partial charge in [-0.05, 0) is 18.7 Å². The Balaban J connectivity index is 2.86. The molecular weight excluding hydrogens is 209 g/mol. The summed E-state index contributed by atoms with van der Waals surface area (Å²) >= 11 is 0. The van der Waals surface area contributed by atoms with Crippen LogP contribution < -0.4 is 5.73 Å². The van der Waals surface area contributed by atoms with E-state index in [2.05, 4.69) is 4.98 Å². The number of Topliss-reactive ketones (excluding diaryl/α,β-unsaturated/α-hetero) is 1. The molecule has 0 aliphatic heterocycles. The van der Waals surface area contributed by atoms with E-state index in [9.17, 15) is 18.0 Å². The number of hydrogen-bond acceptors (Lipinski definition) is 3. The van der Waals surface area contributed by atoms with Crippen molar-refractivity contribution in [2.24, 2.45) is 5.73 Å². The zero-order valence-corrected chi connectivity index (χ0v) is 7.71. The van der Waals surface area contributed by atoms with E-state index in [-0.39, 0.29) is 24.3 Å². The highest BCUT2D eigenvalue weighted by Crippen LogP contribution is 2.27. The van der Waals surface area contributed by atoms with E-state index < -0.39 is 11.9 Å². The molecule has 0 unspecified atom stereocenters. The molecule has 82 valence electrons. The maximum atomic E-state index is 12.1. The van der Waals surface area contributed by atoms with Crippen LogP contribution in [-0.2, 0) is 6.18 Å². The van der Waals surface area contributed by atoms with E-state index in [1.807, 2.05) is 0 Å². The van der Waals surface area contributed by atoms with Crippen LogP contribution in [0.1, 0.15) is 22.5 Å². The predicted molar refractivity (Wildman–Crippen MR) is 47.2 cm³/mol. The van der Waals surface area contributed by atoms with Gasteiger partial charge in [0, 0.05) is 18.2 Å². The van der Waals surface area contributed by atoms with Gasteiger partial charge in [-0.25, -0.2) is 0 Å². The maximum Gasteiger partial charge on any atom is 0.433 e. The Hall–Kier alpha value is -1.43. The van der Waals surface area contributed by atoms with Crippen LogP contribution in [0.4, 0.5) is 13.2 Å². The first-order chi connectivity index (χ1) is 6.95. The highest BCUT2D eigenvalue weighted by Gasteiger charge is 2.32. The van der Waals surface area contributed by atoms with Gasteiger partial charge in [-0.15, -0.1) is 0 Å². The van der Waals surface area contributed by atoms with Crippen molar-refractivity contribution in [1.29, 1.82) is 0 Å². The number of aromatic nitrogens is 1. The van der Waals surface area contributed by atoms with Crippen LogP contribution >= 0.6 is 0 Å². The molecule has 0 saturated carbocycles. The molecule has 0 radical (unpaired) electrons. The zero-order chi connectivity index (χ0) is 11.5. The van der Waals surface area contributed by atoms with Crippen LogP contribution in [0.5, 0.6) is 0 Å². The molecule has 15 heavy (non-hydrogen) atoms. The molecule has 0 aromatic carbocycles. The molecule has 0 saturated heterocycles. The summed E-state index contributed by atoms with van der Waals surface area (Å²) in [4.78, 5) is 14.4. The Morgan fingerprint density at radius 3 is 2.47 bits per heavy atom. The van der Waals surface area contributed by atoms with Crippen molar-refractivity contribution >= 4 is 5.78 Å². The zero-order valence-electron chi connectivity index (χ0n) is 7.71. The van der Waals surface area contributed by atoms with Gasteiger partial charge in [0.2, 0.25) is 0 Å². The summed E-state index contributed by atoms with van der Waals surface area (Å²) in [7, 11) is 0. The standard InChI is InChI=1S/C9H9F3N2O/c10-9(11,12)8-2-1-6(5-14-8)7(15)3-4-13/h1-2,5H,3-4,13H2. The third-order valence-electron chi connectivity index (χ3n) is 1.75. The fourth-order valence-corrected chi connectivity index (χ4v) is 1.00. The van der Waals surface area contributed by atoms with Crippen LogP contribution in [-0.4, -0.2) is 17.3 Å². The van der Waals surface area contributed by atoms with E-state index in [0.29, 0.717) is 0 Å².